The van der Waals surface area contributed by atoms with Crippen molar-refractivity contribution in [1.29, 1.82) is 0 Å². The van der Waals surface area contributed by atoms with Crippen molar-refractivity contribution in [1.82, 2.24) is 4.98 Å². The first kappa shape index (κ1) is 16.4. The Kier molecular flexibility index (Phi) is 4.53. The van der Waals surface area contributed by atoms with Gasteiger partial charge in [0.2, 0.25) is 0 Å². The van der Waals surface area contributed by atoms with Crippen molar-refractivity contribution in [2.75, 3.05) is 10.7 Å². The molecular formula is C16H11Cl2FN4O. The molecule has 0 radical (unpaired) electrons. The van der Waals surface area contributed by atoms with Gasteiger partial charge in [0.25, 0.3) is 5.91 Å². The van der Waals surface area contributed by atoms with Gasteiger partial charge in [-0.05, 0) is 30.3 Å². The van der Waals surface area contributed by atoms with Crippen molar-refractivity contribution in [2.45, 2.75) is 0 Å². The van der Waals surface area contributed by atoms with Crippen molar-refractivity contribution in [2.24, 2.45) is 5.84 Å². The lowest BCUT2D eigenvalue weighted by Crippen LogP contribution is -2.14. The van der Waals surface area contributed by atoms with Crippen LogP contribution in [0.3, 0.4) is 0 Å². The first-order chi connectivity index (χ1) is 11.5. The predicted molar refractivity (Wildman–Crippen MR) is 93.9 cm³/mol. The van der Waals surface area contributed by atoms with E-state index in [9.17, 15) is 9.18 Å². The fourth-order valence-corrected chi connectivity index (χ4v) is 2.91. The van der Waals surface area contributed by atoms with Crippen LogP contribution >= 0.6 is 23.2 Å². The number of carbonyl (C=O) groups is 1. The lowest BCUT2D eigenvalue weighted by molar-refractivity contribution is 0.102. The van der Waals surface area contributed by atoms with E-state index in [1.54, 1.807) is 24.3 Å². The van der Waals surface area contributed by atoms with E-state index < -0.39 is 11.7 Å². The third kappa shape index (κ3) is 2.99. The molecule has 0 aliphatic heterocycles. The van der Waals surface area contributed by atoms with Gasteiger partial charge >= 0.3 is 0 Å². The second-order valence-electron chi connectivity index (χ2n) is 4.90. The standard InChI is InChI=1S/C16H11Cl2FN4O/c17-10-2-1-3-11(18)14(10)16(24)22-13-7-8(19)6-9-12(23-20)4-5-21-15(9)13/h1-7H,20H2,(H,21,23)(H,22,24). The van der Waals surface area contributed by atoms with Crippen LogP contribution in [0.25, 0.3) is 10.9 Å². The molecule has 0 aliphatic carbocycles. The Morgan fingerprint density at radius 1 is 1.12 bits per heavy atom. The summed E-state index contributed by atoms with van der Waals surface area (Å²) < 4.78 is 13.9. The summed E-state index contributed by atoms with van der Waals surface area (Å²) in [6.45, 7) is 0. The van der Waals surface area contributed by atoms with Crippen molar-refractivity contribution in [3.05, 3.63) is 64.0 Å². The van der Waals surface area contributed by atoms with E-state index in [1.807, 2.05) is 0 Å². The molecule has 24 heavy (non-hydrogen) atoms. The summed E-state index contributed by atoms with van der Waals surface area (Å²) in [5.74, 6) is 4.31. The number of fused-ring (bicyclic) bond motifs is 1. The highest BCUT2D eigenvalue weighted by molar-refractivity contribution is 6.40. The quantitative estimate of drug-likeness (QED) is 0.480. The van der Waals surface area contributed by atoms with Gasteiger partial charge in [0.1, 0.15) is 5.82 Å². The van der Waals surface area contributed by atoms with Gasteiger partial charge in [0.15, 0.2) is 0 Å². The van der Waals surface area contributed by atoms with Gasteiger partial charge in [-0.3, -0.25) is 15.6 Å². The number of nitrogen functional groups attached to an aromatic ring is 1. The highest BCUT2D eigenvalue weighted by Crippen LogP contribution is 2.30. The van der Waals surface area contributed by atoms with Crippen molar-refractivity contribution >= 4 is 51.4 Å². The molecule has 0 saturated carbocycles. The molecule has 1 heterocycles. The number of rotatable bonds is 3. The lowest BCUT2D eigenvalue weighted by atomic mass is 10.1. The van der Waals surface area contributed by atoms with Crippen LogP contribution in [0.1, 0.15) is 10.4 Å². The molecule has 1 aromatic heterocycles. The first-order valence-corrected chi connectivity index (χ1v) is 7.57. The third-order valence-corrected chi connectivity index (χ3v) is 4.03. The highest BCUT2D eigenvalue weighted by atomic mass is 35.5. The zero-order valence-corrected chi connectivity index (χ0v) is 13.6. The number of nitrogens with two attached hydrogens (primary N) is 1. The van der Waals surface area contributed by atoms with E-state index >= 15 is 0 Å². The Morgan fingerprint density at radius 3 is 2.50 bits per heavy atom. The van der Waals surface area contributed by atoms with E-state index in [2.05, 4.69) is 15.7 Å². The number of amides is 1. The summed E-state index contributed by atoms with van der Waals surface area (Å²) in [5, 5.41) is 3.41. The van der Waals surface area contributed by atoms with E-state index in [-0.39, 0.29) is 21.3 Å². The molecule has 2 aromatic carbocycles. The maximum Gasteiger partial charge on any atom is 0.258 e. The second-order valence-corrected chi connectivity index (χ2v) is 5.72. The van der Waals surface area contributed by atoms with Crippen LogP contribution in [0.5, 0.6) is 0 Å². The number of halogens is 3. The molecule has 0 saturated heterocycles. The Balaban J connectivity index is 2.09. The van der Waals surface area contributed by atoms with Gasteiger partial charge in [-0.25, -0.2) is 4.39 Å². The van der Waals surface area contributed by atoms with Gasteiger partial charge in [-0.15, -0.1) is 0 Å². The predicted octanol–water partition coefficient (Wildman–Crippen LogP) is 4.22. The van der Waals surface area contributed by atoms with Gasteiger partial charge in [-0.1, -0.05) is 29.3 Å². The molecule has 4 N–H and O–H groups in total. The molecule has 0 bridgehead atoms. The smallest absolute Gasteiger partial charge is 0.258 e. The van der Waals surface area contributed by atoms with Crippen LogP contribution in [0, 0.1) is 5.82 Å². The molecule has 3 rings (SSSR count). The van der Waals surface area contributed by atoms with Crippen LogP contribution in [0.15, 0.2) is 42.6 Å². The number of nitrogens with one attached hydrogen (secondary N) is 2. The summed E-state index contributed by atoms with van der Waals surface area (Å²) in [5.41, 5.74) is 3.61. The minimum absolute atomic E-state index is 0.103. The fourth-order valence-electron chi connectivity index (χ4n) is 2.34. The Labute approximate surface area is 146 Å². The summed E-state index contributed by atoms with van der Waals surface area (Å²) in [6, 6.07) is 8.74. The van der Waals surface area contributed by atoms with E-state index in [0.29, 0.717) is 16.6 Å². The number of anilines is 2. The van der Waals surface area contributed by atoms with E-state index in [1.165, 1.54) is 12.3 Å². The topological polar surface area (TPSA) is 80.0 Å². The molecule has 5 nitrogen and oxygen atoms in total. The number of hydrazine groups is 1. The minimum atomic E-state index is -0.564. The van der Waals surface area contributed by atoms with Crippen LogP contribution in [-0.2, 0) is 0 Å². The number of aromatic nitrogens is 1. The lowest BCUT2D eigenvalue weighted by Gasteiger charge is -2.12. The van der Waals surface area contributed by atoms with E-state index in [0.717, 1.165) is 6.07 Å². The monoisotopic (exact) mass is 364 g/mol. The molecule has 0 atom stereocenters. The van der Waals surface area contributed by atoms with Gasteiger partial charge in [0, 0.05) is 11.6 Å². The highest BCUT2D eigenvalue weighted by Gasteiger charge is 2.17. The summed E-state index contributed by atoms with van der Waals surface area (Å²) in [7, 11) is 0. The molecular weight excluding hydrogens is 354 g/mol. The van der Waals surface area contributed by atoms with Crippen LogP contribution in [0.4, 0.5) is 15.8 Å². The van der Waals surface area contributed by atoms with E-state index in [4.69, 9.17) is 29.0 Å². The summed E-state index contributed by atoms with van der Waals surface area (Å²) in [4.78, 5) is 16.7. The molecule has 0 unspecified atom stereocenters. The number of benzene rings is 2. The maximum absolute atomic E-state index is 13.9. The average Bonchev–Trinajstić information content (AvgIpc) is 2.54. The number of pyridine rings is 1. The summed E-state index contributed by atoms with van der Waals surface area (Å²) in [6.07, 6.45) is 1.49. The van der Waals surface area contributed by atoms with Gasteiger partial charge < -0.3 is 10.7 Å². The Morgan fingerprint density at radius 2 is 1.83 bits per heavy atom. The number of hydrogen-bond acceptors (Lipinski definition) is 4. The normalized spacial score (nSPS) is 10.7. The van der Waals surface area contributed by atoms with Gasteiger partial charge in [-0.2, -0.15) is 0 Å². The van der Waals surface area contributed by atoms with Crippen LogP contribution in [0.2, 0.25) is 10.0 Å². The number of nitrogens with zero attached hydrogens (tertiary/aromatic N) is 1. The Hall–Kier alpha value is -2.41. The zero-order chi connectivity index (χ0) is 17.3. The molecule has 122 valence electrons. The van der Waals surface area contributed by atoms with Crippen LogP contribution in [-0.4, -0.2) is 10.9 Å². The minimum Gasteiger partial charge on any atom is -0.323 e. The molecule has 1 amide bonds. The summed E-state index contributed by atoms with van der Waals surface area (Å²) >= 11 is 12.1. The molecule has 3 aromatic rings. The molecule has 0 fully saturated rings. The Bertz CT molecular complexity index is 929. The average molecular weight is 365 g/mol. The maximum atomic E-state index is 13.9. The largest absolute Gasteiger partial charge is 0.323 e. The van der Waals surface area contributed by atoms with Crippen LogP contribution < -0.4 is 16.6 Å². The third-order valence-electron chi connectivity index (χ3n) is 3.40. The fraction of sp³-hybridized carbons (Fsp3) is 0. The first-order valence-electron chi connectivity index (χ1n) is 6.81. The van der Waals surface area contributed by atoms with Crippen molar-refractivity contribution in [3.8, 4) is 0 Å². The molecule has 0 spiro atoms. The zero-order valence-electron chi connectivity index (χ0n) is 12.1. The number of carbonyl (C=O) groups excluding carboxylic acids is 1. The second kappa shape index (κ2) is 6.60. The number of hydrogen-bond donors (Lipinski definition) is 3. The SMILES string of the molecule is NNc1ccnc2c(NC(=O)c3c(Cl)cccc3Cl)cc(F)cc12. The molecule has 8 heteroatoms. The van der Waals surface area contributed by atoms with Crippen molar-refractivity contribution < 1.29 is 9.18 Å². The molecule has 0 aliphatic rings. The van der Waals surface area contributed by atoms with Gasteiger partial charge in [0.05, 0.1) is 32.5 Å². The van der Waals surface area contributed by atoms with Crippen molar-refractivity contribution in [3.63, 3.8) is 0 Å².